The molecule has 0 atom stereocenters. The first-order valence-corrected chi connectivity index (χ1v) is 7.19. The molecule has 0 saturated heterocycles. The third-order valence-corrected chi connectivity index (χ3v) is 3.85. The van der Waals surface area contributed by atoms with E-state index in [1.165, 1.54) is 12.1 Å². The topological polar surface area (TPSA) is 12.0 Å². The first-order valence-electron chi connectivity index (χ1n) is 5.61. The van der Waals surface area contributed by atoms with Gasteiger partial charge in [0.25, 0.3) is 0 Å². The predicted molar refractivity (Wildman–Crippen MR) is 80.3 cm³/mol. The zero-order valence-electron chi connectivity index (χ0n) is 10.1. The minimum absolute atomic E-state index is 0.286. The Bertz CT molecular complexity index is 615. The van der Waals surface area contributed by atoms with E-state index in [1.807, 2.05) is 6.92 Å². The summed E-state index contributed by atoms with van der Waals surface area (Å²) in [4.78, 5) is 0. The van der Waals surface area contributed by atoms with Gasteiger partial charge in [0, 0.05) is 22.3 Å². The Morgan fingerprint density at radius 3 is 2.53 bits per heavy atom. The van der Waals surface area contributed by atoms with Crippen LogP contribution in [0.15, 0.2) is 39.3 Å². The monoisotopic (exact) mass is 389 g/mol. The van der Waals surface area contributed by atoms with Crippen molar-refractivity contribution in [3.63, 3.8) is 0 Å². The number of hydrogen-bond acceptors (Lipinski definition) is 1. The number of benzene rings is 2. The molecular weight excluding hydrogens is 380 g/mol. The molecule has 0 aliphatic rings. The van der Waals surface area contributed by atoms with E-state index in [0.717, 1.165) is 10.0 Å². The van der Waals surface area contributed by atoms with Gasteiger partial charge in [-0.25, -0.2) is 8.78 Å². The smallest absolute Gasteiger partial charge is 0.139 e. The Hall–Kier alpha value is -0.940. The van der Waals surface area contributed by atoms with Gasteiger partial charge in [-0.05, 0) is 58.7 Å². The van der Waals surface area contributed by atoms with Crippen molar-refractivity contribution in [2.24, 2.45) is 0 Å². The Kier molecular flexibility index (Phi) is 4.58. The number of hydrogen-bond donors (Lipinski definition) is 1. The normalized spacial score (nSPS) is 10.6. The minimum atomic E-state index is -0.345. The van der Waals surface area contributed by atoms with Crippen molar-refractivity contribution < 1.29 is 8.78 Å². The summed E-state index contributed by atoms with van der Waals surface area (Å²) in [6.45, 7) is 2.16. The first kappa shape index (κ1) is 14.5. The molecule has 0 bridgehead atoms. The molecule has 1 nitrogen and oxygen atoms in total. The molecular formula is C14H11Br2F2N. The summed E-state index contributed by atoms with van der Waals surface area (Å²) in [5.41, 5.74) is 2.07. The summed E-state index contributed by atoms with van der Waals surface area (Å²) in [5, 5.41) is 3.04. The van der Waals surface area contributed by atoms with Gasteiger partial charge in [0.15, 0.2) is 0 Å². The molecule has 2 rings (SSSR count). The van der Waals surface area contributed by atoms with Gasteiger partial charge in [0.05, 0.1) is 4.47 Å². The van der Waals surface area contributed by atoms with E-state index in [9.17, 15) is 8.78 Å². The van der Waals surface area contributed by atoms with Crippen molar-refractivity contribution in [1.82, 2.24) is 0 Å². The number of aryl methyl sites for hydroxylation is 1. The van der Waals surface area contributed by atoms with Gasteiger partial charge in [-0.1, -0.05) is 15.9 Å². The number of halogens is 4. The molecule has 0 amide bonds. The summed E-state index contributed by atoms with van der Waals surface area (Å²) in [7, 11) is 0. The van der Waals surface area contributed by atoms with Gasteiger partial charge in [0.1, 0.15) is 11.6 Å². The van der Waals surface area contributed by atoms with Gasteiger partial charge in [-0.3, -0.25) is 0 Å². The van der Waals surface area contributed by atoms with Crippen molar-refractivity contribution in [3.05, 3.63) is 62.0 Å². The van der Waals surface area contributed by atoms with Crippen LogP contribution in [-0.2, 0) is 6.54 Å². The standard InChI is InChI=1S/C14H11Br2F2N/c1-8-4-11(16)13(18)6-14(8)19-7-9-5-10(15)2-3-12(9)17/h2-6,19H,7H2,1H3. The average molecular weight is 391 g/mol. The van der Waals surface area contributed by atoms with E-state index in [2.05, 4.69) is 37.2 Å². The molecule has 0 aliphatic heterocycles. The molecule has 0 heterocycles. The Morgan fingerprint density at radius 1 is 1.05 bits per heavy atom. The van der Waals surface area contributed by atoms with E-state index >= 15 is 0 Å². The third kappa shape index (κ3) is 3.54. The largest absolute Gasteiger partial charge is 0.381 e. The maximum absolute atomic E-state index is 13.6. The summed E-state index contributed by atoms with van der Waals surface area (Å²) >= 11 is 6.43. The van der Waals surface area contributed by atoms with Gasteiger partial charge < -0.3 is 5.32 Å². The Morgan fingerprint density at radius 2 is 1.79 bits per heavy atom. The lowest BCUT2D eigenvalue weighted by molar-refractivity contribution is 0.612. The van der Waals surface area contributed by atoms with Crippen molar-refractivity contribution in [1.29, 1.82) is 0 Å². The molecule has 0 spiro atoms. The van der Waals surface area contributed by atoms with E-state index in [-0.39, 0.29) is 11.6 Å². The van der Waals surface area contributed by atoms with E-state index in [1.54, 1.807) is 18.2 Å². The van der Waals surface area contributed by atoms with Crippen molar-refractivity contribution in [2.45, 2.75) is 13.5 Å². The van der Waals surface area contributed by atoms with E-state index < -0.39 is 0 Å². The number of rotatable bonds is 3. The fraction of sp³-hybridized carbons (Fsp3) is 0.143. The van der Waals surface area contributed by atoms with Crippen molar-refractivity contribution in [2.75, 3.05) is 5.32 Å². The second-order valence-electron chi connectivity index (χ2n) is 4.17. The fourth-order valence-corrected chi connectivity index (χ4v) is 2.57. The lowest BCUT2D eigenvalue weighted by Gasteiger charge is -2.11. The predicted octanol–water partition coefficient (Wildman–Crippen LogP) is 5.41. The van der Waals surface area contributed by atoms with Crippen LogP contribution in [0.2, 0.25) is 0 Å². The van der Waals surface area contributed by atoms with Gasteiger partial charge in [0.2, 0.25) is 0 Å². The highest BCUT2D eigenvalue weighted by Crippen LogP contribution is 2.25. The van der Waals surface area contributed by atoms with E-state index in [0.29, 0.717) is 22.3 Å². The molecule has 0 fully saturated rings. The highest BCUT2D eigenvalue weighted by molar-refractivity contribution is 9.10. The second-order valence-corrected chi connectivity index (χ2v) is 5.94. The van der Waals surface area contributed by atoms with Crippen LogP contribution in [0.3, 0.4) is 0 Å². The lowest BCUT2D eigenvalue weighted by Crippen LogP contribution is -2.03. The lowest BCUT2D eigenvalue weighted by atomic mass is 10.1. The molecule has 0 saturated carbocycles. The molecule has 0 radical (unpaired) electrons. The second kappa shape index (κ2) is 6.01. The number of nitrogens with one attached hydrogen (secondary N) is 1. The van der Waals surface area contributed by atoms with Crippen LogP contribution in [-0.4, -0.2) is 0 Å². The average Bonchev–Trinajstić information content (AvgIpc) is 2.36. The summed E-state index contributed by atoms with van der Waals surface area (Å²) in [6, 6.07) is 7.83. The van der Waals surface area contributed by atoms with Gasteiger partial charge in [-0.2, -0.15) is 0 Å². The molecule has 19 heavy (non-hydrogen) atoms. The van der Waals surface area contributed by atoms with Crippen LogP contribution in [0.4, 0.5) is 14.5 Å². The highest BCUT2D eigenvalue weighted by atomic mass is 79.9. The van der Waals surface area contributed by atoms with Gasteiger partial charge >= 0.3 is 0 Å². The molecule has 1 N–H and O–H groups in total. The van der Waals surface area contributed by atoms with Crippen LogP contribution in [0.25, 0.3) is 0 Å². The SMILES string of the molecule is Cc1cc(Br)c(F)cc1NCc1cc(Br)ccc1F. The zero-order valence-corrected chi connectivity index (χ0v) is 13.3. The first-order chi connectivity index (χ1) is 8.97. The molecule has 2 aromatic rings. The van der Waals surface area contributed by atoms with Crippen LogP contribution < -0.4 is 5.32 Å². The van der Waals surface area contributed by atoms with Crippen LogP contribution in [0.1, 0.15) is 11.1 Å². The zero-order chi connectivity index (χ0) is 14.0. The minimum Gasteiger partial charge on any atom is -0.381 e. The van der Waals surface area contributed by atoms with Crippen molar-refractivity contribution in [3.8, 4) is 0 Å². The molecule has 0 aliphatic carbocycles. The Balaban J connectivity index is 2.19. The maximum Gasteiger partial charge on any atom is 0.139 e. The molecule has 2 aromatic carbocycles. The van der Waals surface area contributed by atoms with Crippen LogP contribution in [0, 0.1) is 18.6 Å². The fourth-order valence-electron chi connectivity index (χ4n) is 1.71. The summed E-state index contributed by atoms with van der Waals surface area (Å²) < 4.78 is 28.3. The van der Waals surface area contributed by atoms with Crippen LogP contribution >= 0.6 is 31.9 Å². The molecule has 5 heteroatoms. The van der Waals surface area contributed by atoms with Gasteiger partial charge in [-0.15, -0.1) is 0 Å². The summed E-state index contributed by atoms with van der Waals surface area (Å²) in [5.74, 6) is -0.631. The highest BCUT2D eigenvalue weighted by Gasteiger charge is 2.07. The quantitative estimate of drug-likeness (QED) is 0.738. The molecule has 0 aromatic heterocycles. The van der Waals surface area contributed by atoms with E-state index in [4.69, 9.17) is 0 Å². The number of anilines is 1. The molecule has 100 valence electrons. The summed E-state index contributed by atoms with van der Waals surface area (Å²) in [6.07, 6.45) is 0. The maximum atomic E-state index is 13.6. The third-order valence-electron chi connectivity index (χ3n) is 2.74. The molecule has 0 unspecified atom stereocenters. The Labute approximate surface area is 127 Å². The van der Waals surface area contributed by atoms with Crippen molar-refractivity contribution >= 4 is 37.5 Å². The van der Waals surface area contributed by atoms with Crippen LogP contribution in [0.5, 0.6) is 0 Å².